The lowest BCUT2D eigenvalue weighted by atomic mass is 10.1. The number of hydrogen-bond donors (Lipinski definition) is 1. The van der Waals surface area contributed by atoms with Gasteiger partial charge in [-0.25, -0.2) is 4.79 Å². The van der Waals surface area contributed by atoms with E-state index < -0.39 is 5.69 Å². The first-order valence-electron chi connectivity index (χ1n) is 11.1. The molecule has 2 heterocycles. The third kappa shape index (κ3) is 5.12. The average Bonchev–Trinajstić information content (AvgIpc) is 3.34. The number of hydrogen-bond acceptors (Lipinski definition) is 5. The summed E-state index contributed by atoms with van der Waals surface area (Å²) in [6, 6.07) is 19.0. The summed E-state index contributed by atoms with van der Waals surface area (Å²) < 4.78 is 8.37. The number of nitrogens with zero attached hydrogens (tertiary/aromatic N) is 2. The molecule has 2 aromatic carbocycles. The molecule has 2 aromatic heterocycles. The number of rotatable bonds is 9. The van der Waals surface area contributed by atoms with Gasteiger partial charge in [0, 0.05) is 11.6 Å². The standard InChI is InChI=1S/C26H27N3O4S/c1-18(12-13-19-8-4-3-5-9-19)27-23(30)17-28-21-14-15-34-24(21)25(31)29(26(28)32)16-20-10-6-7-11-22(20)33-2/h3-11,14-15,18H,12-13,16-17H2,1-2H3,(H,27,30)/t18-/m1/s1. The fraction of sp³-hybridized carbons (Fsp3) is 0.269. The molecule has 0 aliphatic carbocycles. The topological polar surface area (TPSA) is 82.3 Å². The van der Waals surface area contributed by atoms with Crippen molar-refractivity contribution in [3.05, 3.63) is 98.0 Å². The smallest absolute Gasteiger partial charge is 0.332 e. The Labute approximate surface area is 201 Å². The first-order valence-corrected chi connectivity index (χ1v) is 12.0. The van der Waals surface area contributed by atoms with E-state index in [1.165, 1.54) is 26.0 Å². The van der Waals surface area contributed by atoms with Crippen LogP contribution in [-0.2, 0) is 24.3 Å². The molecule has 176 valence electrons. The highest BCUT2D eigenvalue weighted by atomic mass is 32.1. The van der Waals surface area contributed by atoms with Gasteiger partial charge in [-0.3, -0.25) is 18.7 Å². The molecule has 1 atom stereocenters. The number of amides is 1. The van der Waals surface area contributed by atoms with Gasteiger partial charge in [-0.05, 0) is 42.8 Å². The predicted octanol–water partition coefficient (Wildman–Crippen LogP) is 3.42. The van der Waals surface area contributed by atoms with E-state index >= 15 is 0 Å². The minimum absolute atomic E-state index is 0.0548. The van der Waals surface area contributed by atoms with E-state index in [0.717, 1.165) is 12.8 Å². The SMILES string of the molecule is COc1ccccc1Cn1c(=O)c2sccc2n(CC(=O)N[C@H](C)CCc2ccccc2)c1=O. The van der Waals surface area contributed by atoms with Crippen LogP contribution in [0.15, 0.2) is 75.6 Å². The van der Waals surface area contributed by atoms with Crippen LogP contribution in [0, 0.1) is 0 Å². The Morgan fingerprint density at radius 2 is 1.76 bits per heavy atom. The molecular weight excluding hydrogens is 450 g/mol. The summed E-state index contributed by atoms with van der Waals surface area (Å²) >= 11 is 1.26. The number of para-hydroxylation sites is 1. The summed E-state index contributed by atoms with van der Waals surface area (Å²) in [6.45, 7) is 1.85. The zero-order chi connectivity index (χ0) is 24.1. The number of aromatic nitrogens is 2. The van der Waals surface area contributed by atoms with E-state index in [-0.39, 0.29) is 30.6 Å². The van der Waals surface area contributed by atoms with Gasteiger partial charge in [-0.1, -0.05) is 48.5 Å². The Bertz CT molecular complexity index is 1410. The van der Waals surface area contributed by atoms with Gasteiger partial charge in [-0.15, -0.1) is 11.3 Å². The maximum Gasteiger partial charge on any atom is 0.332 e. The summed E-state index contributed by atoms with van der Waals surface area (Å²) in [7, 11) is 1.55. The molecule has 1 N–H and O–H groups in total. The van der Waals surface area contributed by atoms with E-state index in [1.807, 2.05) is 43.3 Å². The number of fused-ring (bicyclic) bond motifs is 1. The Balaban J connectivity index is 1.56. The summed E-state index contributed by atoms with van der Waals surface area (Å²) in [4.78, 5) is 39.2. The van der Waals surface area contributed by atoms with Crippen molar-refractivity contribution in [3.63, 3.8) is 0 Å². The van der Waals surface area contributed by atoms with Crippen LogP contribution in [0.5, 0.6) is 5.75 Å². The van der Waals surface area contributed by atoms with Crippen molar-refractivity contribution in [1.29, 1.82) is 0 Å². The number of carbonyl (C=O) groups excluding carboxylic acids is 1. The van der Waals surface area contributed by atoms with Gasteiger partial charge in [0.2, 0.25) is 5.91 Å². The highest BCUT2D eigenvalue weighted by molar-refractivity contribution is 7.17. The summed E-state index contributed by atoms with van der Waals surface area (Å²) in [5.74, 6) is 0.328. The minimum Gasteiger partial charge on any atom is -0.496 e. The van der Waals surface area contributed by atoms with E-state index in [2.05, 4.69) is 17.4 Å². The van der Waals surface area contributed by atoms with Crippen LogP contribution in [0.1, 0.15) is 24.5 Å². The molecule has 0 saturated carbocycles. The second kappa shape index (κ2) is 10.5. The van der Waals surface area contributed by atoms with Gasteiger partial charge in [0.15, 0.2) is 0 Å². The zero-order valence-electron chi connectivity index (χ0n) is 19.2. The maximum atomic E-state index is 13.3. The van der Waals surface area contributed by atoms with Crippen LogP contribution in [0.25, 0.3) is 10.2 Å². The molecule has 0 bridgehead atoms. The van der Waals surface area contributed by atoms with Crippen molar-refractivity contribution in [2.24, 2.45) is 0 Å². The van der Waals surface area contributed by atoms with Crippen LogP contribution < -0.4 is 21.3 Å². The number of ether oxygens (including phenoxy) is 1. The maximum absolute atomic E-state index is 13.3. The Kier molecular flexibility index (Phi) is 7.27. The molecule has 0 saturated heterocycles. The molecule has 0 unspecified atom stereocenters. The van der Waals surface area contributed by atoms with Crippen LogP contribution in [-0.4, -0.2) is 28.2 Å². The molecule has 0 radical (unpaired) electrons. The molecule has 4 aromatic rings. The number of benzene rings is 2. The average molecular weight is 478 g/mol. The first kappa shape index (κ1) is 23.5. The van der Waals surface area contributed by atoms with Crippen molar-refractivity contribution in [3.8, 4) is 5.75 Å². The highest BCUT2D eigenvalue weighted by Gasteiger charge is 2.18. The number of carbonyl (C=O) groups is 1. The number of nitrogens with one attached hydrogen (secondary N) is 1. The molecule has 7 nitrogen and oxygen atoms in total. The molecule has 34 heavy (non-hydrogen) atoms. The molecule has 8 heteroatoms. The molecular formula is C26H27N3O4S. The minimum atomic E-state index is -0.520. The fourth-order valence-corrected chi connectivity index (χ4v) is 4.84. The predicted molar refractivity (Wildman–Crippen MR) is 135 cm³/mol. The van der Waals surface area contributed by atoms with Gasteiger partial charge in [0.25, 0.3) is 5.56 Å². The Morgan fingerprint density at radius 3 is 2.53 bits per heavy atom. The van der Waals surface area contributed by atoms with Crippen molar-refractivity contribution in [2.45, 2.75) is 38.9 Å². The second-order valence-electron chi connectivity index (χ2n) is 8.20. The normalized spacial score (nSPS) is 11.9. The van der Waals surface area contributed by atoms with Gasteiger partial charge < -0.3 is 10.1 Å². The third-order valence-corrected chi connectivity index (χ3v) is 6.67. The van der Waals surface area contributed by atoms with Crippen molar-refractivity contribution in [1.82, 2.24) is 14.5 Å². The van der Waals surface area contributed by atoms with Crippen LogP contribution in [0.2, 0.25) is 0 Å². The summed E-state index contributed by atoms with van der Waals surface area (Å²) in [5.41, 5.74) is 1.51. The van der Waals surface area contributed by atoms with Crippen LogP contribution in [0.3, 0.4) is 0 Å². The van der Waals surface area contributed by atoms with E-state index in [1.54, 1.807) is 24.6 Å². The number of thiophene rings is 1. The number of methoxy groups -OCH3 is 1. The Hall–Kier alpha value is -3.65. The number of aryl methyl sites for hydroxylation is 1. The summed E-state index contributed by atoms with van der Waals surface area (Å²) in [6.07, 6.45) is 1.63. The van der Waals surface area contributed by atoms with Crippen LogP contribution in [0.4, 0.5) is 0 Å². The van der Waals surface area contributed by atoms with Crippen LogP contribution >= 0.6 is 11.3 Å². The van der Waals surface area contributed by atoms with E-state index in [0.29, 0.717) is 21.5 Å². The van der Waals surface area contributed by atoms with Crippen molar-refractivity contribution >= 4 is 27.5 Å². The Morgan fingerprint density at radius 1 is 1.03 bits per heavy atom. The van der Waals surface area contributed by atoms with Crippen molar-refractivity contribution in [2.75, 3.05) is 7.11 Å². The van der Waals surface area contributed by atoms with E-state index in [9.17, 15) is 14.4 Å². The molecule has 1 amide bonds. The molecule has 4 rings (SSSR count). The van der Waals surface area contributed by atoms with E-state index in [4.69, 9.17) is 4.74 Å². The fourth-order valence-electron chi connectivity index (χ4n) is 3.99. The van der Waals surface area contributed by atoms with Gasteiger partial charge in [0.1, 0.15) is 17.0 Å². The summed E-state index contributed by atoms with van der Waals surface area (Å²) in [5, 5.41) is 4.74. The zero-order valence-corrected chi connectivity index (χ0v) is 20.0. The van der Waals surface area contributed by atoms with Gasteiger partial charge in [0.05, 0.1) is 19.2 Å². The quantitative estimate of drug-likeness (QED) is 0.401. The third-order valence-electron chi connectivity index (χ3n) is 5.78. The van der Waals surface area contributed by atoms with Gasteiger partial charge >= 0.3 is 5.69 Å². The van der Waals surface area contributed by atoms with Crippen molar-refractivity contribution < 1.29 is 9.53 Å². The molecule has 0 fully saturated rings. The molecule has 0 spiro atoms. The lowest BCUT2D eigenvalue weighted by Gasteiger charge is -2.16. The molecule has 0 aliphatic heterocycles. The molecule has 0 aliphatic rings. The second-order valence-corrected chi connectivity index (χ2v) is 9.12. The lowest BCUT2D eigenvalue weighted by molar-refractivity contribution is -0.122. The highest BCUT2D eigenvalue weighted by Crippen LogP contribution is 2.19. The largest absolute Gasteiger partial charge is 0.496 e. The monoisotopic (exact) mass is 477 g/mol. The van der Waals surface area contributed by atoms with Gasteiger partial charge in [-0.2, -0.15) is 0 Å². The lowest BCUT2D eigenvalue weighted by Crippen LogP contribution is -2.43. The first-order chi connectivity index (χ1) is 16.5.